The van der Waals surface area contributed by atoms with Gasteiger partial charge in [-0.25, -0.2) is 0 Å². The molecule has 0 radical (unpaired) electrons. The molecule has 0 unspecified atom stereocenters. The summed E-state index contributed by atoms with van der Waals surface area (Å²) < 4.78 is 5.36. The van der Waals surface area contributed by atoms with Crippen LogP contribution in [-0.4, -0.2) is 38.8 Å². The normalized spacial score (nSPS) is 10.7. The van der Waals surface area contributed by atoms with Gasteiger partial charge in [0.25, 0.3) is 0 Å². The Morgan fingerprint density at radius 1 is 1.33 bits per heavy atom. The average Bonchev–Trinajstić information content (AvgIpc) is 2.19. The summed E-state index contributed by atoms with van der Waals surface area (Å²) in [4.78, 5) is 11.1. The molecule has 0 bridgehead atoms. The zero-order valence-electron chi connectivity index (χ0n) is 10.1. The number of nitrogens with one attached hydrogen (secondary N) is 2. The van der Waals surface area contributed by atoms with Gasteiger partial charge in [-0.15, -0.1) is 0 Å². The van der Waals surface area contributed by atoms with E-state index in [1.807, 2.05) is 6.92 Å². The topological polar surface area (TPSA) is 50.4 Å². The Labute approximate surface area is 92.8 Å². The van der Waals surface area contributed by atoms with E-state index in [1.165, 1.54) is 0 Å². The van der Waals surface area contributed by atoms with Crippen LogP contribution >= 0.6 is 0 Å². The maximum Gasteiger partial charge on any atom is 0.234 e. The first kappa shape index (κ1) is 14.4. The van der Waals surface area contributed by atoms with Gasteiger partial charge in [-0.2, -0.15) is 0 Å². The van der Waals surface area contributed by atoms with Crippen molar-refractivity contribution in [3.63, 3.8) is 0 Å². The van der Waals surface area contributed by atoms with Crippen LogP contribution in [0, 0.1) is 5.92 Å². The Morgan fingerprint density at radius 3 is 2.67 bits per heavy atom. The molecule has 15 heavy (non-hydrogen) atoms. The lowest BCUT2D eigenvalue weighted by Gasteiger charge is -2.07. The van der Waals surface area contributed by atoms with Crippen LogP contribution < -0.4 is 10.6 Å². The first-order valence-electron chi connectivity index (χ1n) is 5.72. The maximum atomic E-state index is 11.1. The van der Waals surface area contributed by atoms with Crippen molar-refractivity contribution in [1.29, 1.82) is 0 Å². The highest BCUT2D eigenvalue weighted by Gasteiger charge is 1.98. The van der Waals surface area contributed by atoms with Crippen molar-refractivity contribution in [2.24, 2.45) is 5.92 Å². The third kappa shape index (κ3) is 11.3. The van der Waals surface area contributed by atoms with Crippen molar-refractivity contribution in [1.82, 2.24) is 10.6 Å². The zero-order valence-corrected chi connectivity index (χ0v) is 10.1. The standard InChI is InChI=1S/C11H24N2O2/c1-4-12-9-11(14)13-6-8-15-7-5-10(2)3/h10,12H,4-9H2,1-3H3,(H,13,14). The second-order valence-corrected chi connectivity index (χ2v) is 3.93. The number of likely N-dealkylation sites (N-methyl/N-ethyl adjacent to an activating group) is 1. The minimum absolute atomic E-state index is 0.0318. The monoisotopic (exact) mass is 216 g/mol. The molecule has 0 saturated heterocycles. The second-order valence-electron chi connectivity index (χ2n) is 3.93. The predicted molar refractivity (Wildman–Crippen MR) is 61.8 cm³/mol. The van der Waals surface area contributed by atoms with Crippen LogP contribution in [0.15, 0.2) is 0 Å². The summed E-state index contributed by atoms with van der Waals surface area (Å²) in [6.45, 7) is 9.50. The van der Waals surface area contributed by atoms with E-state index in [1.54, 1.807) is 0 Å². The van der Waals surface area contributed by atoms with Gasteiger partial charge in [0, 0.05) is 13.2 Å². The van der Waals surface area contributed by atoms with Gasteiger partial charge in [-0.3, -0.25) is 4.79 Å². The molecule has 0 aromatic rings. The fourth-order valence-electron chi connectivity index (χ4n) is 0.985. The molecule has 0 fully saturated rings. The third-order valence-electron chi connectivity index (χ3n) is 1.94. The van der Waals surface area contributed by atoms with Crippen molar-refractivity contribution in [2.45, 2.75) is 27.2 Å². The maximum absolute atomic E-state index is 11.1. The van der Waals surface area contributed by atoms with Crippen molar-refractivity contribution >= 4 is 5.91 Å². The number of ether oxygens (including phenoxy) is 1. The highest BCUT2D eigenvalue weighted by Crippen LogP contribution is 1.97. The third-order valence-corrected chi connectivity index (χ3v) is 1.94. The summed E-state index contributed by atoms with van der Waals surface area (Å²) in [5.74, 6) is 0.706. The first-order valence-corrected chi connectivity index (χ1v) is 5.72. The Balaban J connectivity index is 3.13. The lowest BCUT2D eigenvalue weighted by atomic mass is 10.1. The summed E-state index contributed by atoms with van der Waals surface area (Å²) in [6.07, 6.45) is 1.07. The van der Waals surface area contributed by atoms with Gasteiger partial charge >= 0.3 is 0 Å². The molecule has 4 nitrogen and oxygen atoms in total. The van der Waals surface area contributed by atoms with E-state index in [4.69, 9.17) is 4.74 Å². The SMILES string of the molecule is CCNCC(=O)NCCOCCC(C)C. The molecule has 0 spiro atoms. The van der Waals surface area contributed by atoms with Crippen molar-refractivity contribution < 1.29 is 9.53 Å². The number of amides is 1. The summed E-state index contributed by atoms with van der Waals surface area (Å²) >= 11 is 0. The van der Waals surface area contributed by atoms with Crippen LogP contribution in [0.2, 0.25) is 0 Å². The predicted octanol–water partition coefficient (Wildman–Crippen LogP) is 0.775. The molecule has 0 aromatic carbocycles. The van der Waals surface area contributed by atoms with Crippen LogP contribution in [0.4, 0.5) is 0 Å². The molecule has 0 rings (SSSR count). The molecule has 0 aromatic heterocycles. The molecule has 1 amide bonds. The van der Waals surface area contributed by atoms with E-state index in [9.17, 15) is 4.79 Å². The van der Waals surface area contributed by atoms with Crippen LogP contribution in [0.3, 0.4) is 0 Å². The van der Waals surface area contributed by atoms with Gasteiger partial charge < -0.3 is 15.4 Å². The van der Waals surface area contributed by atoms with Gasteiger partial charge in [0.1, 0.15) is 0 Å². The van der Waals surface area contributed by atoms with Crippen LogP contribution in [0.1, 0.15) is 27.2 Å². The van der Waals surface area contributed by atoms with Gasteiger partial charge in [0.15, 0.2) is 0 Å². The van der Waals surface area contributed by atoms with Crippen LogP contribution in [-0.2, 0) is 9.53 Å². The van der Waals surface area contributed by atoms with E-state index < -0.39 is 0 Å². The summed E-state index contributed by atoms with van der Waals surface area (Å²) in [5.41, 5.74) is 0. The van der Waals surface area contributed by atoms with Gasteiger partial charge in [0.2, 0.25) is 5.91 Å². The molecule has 0 aliphatic heterocycles. The fraction of sp³-hybridized carbons (Fsp3) is 0.909. The minimum Gasteiger partial charge on any atom is -0.380 e. The van der Waals surface area contributed by atoms with Crippen LogP contribution in [0.25, 0.3) is 0 Å². The molecule has 2 N–H and O–H groups in total. The van der Waals surface area contributed by atoms with Crippen molar-refractivity contribution in [2.75, 3.05) is 32.8 Å². The Hall–Kier alpha value is -0.610. The Kier molecular flexibility index (Phi) is 9.52. The second kappa shape index (κ2) is 9.93. The number of hydrogen-bond donors (Lipinski definition) is 2. The van der Waals surface area contributed by atoms with E-state index in [0.717, 1.165) is 19.6 Å². The largest absolute Gasteiger partial charge is 0.380 e. The molecule has 0 saturated carbocycles. The number of carbonyl (C=O) groups is 1. The quantitative estimate of drug-likeness (QED) is 0.560. The molecule has 0 atom stereocenters. The van der Waals surface area contributed by atoms with Crippen molar-refractivity contribution in [3.8, 4) is 0 Å². The number of rotatable bonds is 9. The molecule has 90 valence electrons. The van der Waals surface area contributed by atoms with E-state index in [0.29, 0.717) is 25.6 Å². The Morgan fingerprint density at radius 2 is 2.07 bits per heavy atom. The molecule has 4 heteroatoms. The molecular formula is C11H24N2O2. The van der Waals surface area contributed by atoms with E-state index >= 15 is 0 Å². The summed E-state index contributed by atoms with van der Waals surface area (Å²) in [6, 6.07) is 0. The van der Waals surface area contributed by atoms with Gasteiger partial charge in [-0.1, -0.05) is 20.8 Å². The van der Waals surface area contributed by atoms with Gasteiger partial charge in [0.05, 0.1) is 13.2 Å². The molecular weight excluding hydrogens is 192 g/mol. The highest BCUT2D eigenvalue weighted by molar-refractivity contribution is 5.77. The summed E-state index contributed by atoms with van der Waals surface area (Å²) in [7, 11) is 0. The van der Waals surface area contributed by atoms with Crippen LogP contribution in [0.5, 0.6) is 0 Å². The zero-order chi connectivity index (χ0) is 11.5. The lowest BCUT2D eigenvalue weighted by Crippen LogP contribution is -2.35. The number of hydrogen-bond acceptors (Lipinski definition) is 3. The average molecular weight is 216 g/mol. The molecule has 0 aliphatic carbocycles. The van der Waals surface area contributed by atoms with E-state index in [-0.39, 0.29) is 5.91 Å². The summed E-state index contributed by atoms with van der Waals surface area (Å²) in [5, 5.41) is 5.74. The van der Waals surface area contributed by atoms with Crippen molar-refractivity contribution in [3.05, 3.63) is 0 Å². The highest BCUT2D eigenvalue weighted by atomic mass is 16.5. The molecule has 0 aliphatic rings. The smallest absolute Gasteiger partial charge is 0.234 e. The fourth-order valence-corrected chi connectivity index (χ4v) is 0.985. The molecule has 0 heterocycles. The minimum atomic E-state index is 0.0318. The first-order chi connectivity index (χ1) is 7.16. The van der Waals surface area contributed by atoms with Gasteiger partial charge in [-0.05, 0) is 18.9 Å². The Bertz CT molecular complexity index is 161. The number of carbonyl (C=O) groups excluding carboxylic acids is 1. The van der Waals surface area contributed by atoms with E-state index in [2.05, 4.69) is 24.5 Å². The lowest BCUT2D eigenvalue weighted by molar-refractivity contribution is -0.120.